The van der Waals surface area contributed by atoms with Gasteiger partial charge in [-0.15, -0.1) is 0 Å². The first-order valence-electron chi connectivity index (χ1n) is 6.88. The van der Waals surface area contributed by atoms with Gasteiger partial charge in [-0.2, -0.15) is 17.0 Å². The Morgan fingerprint density at radius 2 is 2.00 bits per heavy atom. The van der Waals surface area contributed by atoms with Gasteiger partial charge in [-0.25, -0.2) is 0 Å². The van der Waals surface area contributed by atoms with Crippen molar-refractivity contribution < 1.29 is 22.7 Å². The Morgan fingerprint density at radius 3 is 2.55 bits per heavy atom. The highest BCUT2D eigenvalue weighted by atomic mass is 32.2. The molecule has 0 aromatic heterocycles. The topological polar surface area (TPSA) is 76.2 Å². The van der Waals surface area contributed by atoms with E-state index in [9.17, 15) is 13.2 Å². The minimum absolute atomic E-state index is 0.0103. The maximum absolute atomic E-state index is 12.2. The van der Waals surface area contributed by atoms with Gasteiger partial charge in [0, 0.05) is 26.7 Å². The van der Waals surface area contributed by atoms with E-state index >= 15 is 0 Å². The Balaban J connectivity index is 1.75. The zero-order chi connectivity index (χ0) is 14.8. The summed E-state index contributed by atoms with van der Waals surface area (Å²) in [5.74, 6) is 0.197. The molecule has 2 fully saturated rings. The van der Waals surface area contributed by atoms with Crippen molar-refractivity contribution in [1.82, 2.24) is 8.61 Å². The maximum atomic E-state index is 12.2. The third-order valence-electron chi connectivity index (χ3n) is 3.75. The molecule has 2 aliphatic rings. The van der Waals surface area contributed by atoms with Gasteiger partial charge in [0.25, 0.3) is 10.2 Å². The Labute approximate surface area is 120 Å². The first kappa shape index (κ1) is 15.7. The van der Waals surface area contributed by atoms with Crippen molar-refractivity contribution in [3.8, 4) is 0 Å². The van der Waals surface area contributed by atoms with Crippen molar-refractivity contribution >= 4 is 16.2 Å². The lowest BCUT2D eigenvalue weighted by molar-refractivity contribution is -0.145. The van der Waals surface area contributed by atoms with Crippen molar-refractivity contribution in [2.45, 2.75) is 13.3 Å². The summed E-state index contributed by atoms with van der Waals surface area (Å²) in [6, 6.07) is 0. The SMILES string of the molecule is C[C@H]1C[C@@H]1C(=O)OCCN(C)S(=O)(=O)N1CCOCC1. The summed E-state index contributed by atoms with van der Waals surface area (Å²) >= 11 is 0. The normalized spacial score (nSPS) is 27.6. The molecule has 1 aliphatic carbocycles. The zero-order valence-corrected chi connectivity index (χ0v) is 12.8. The molecule has 0 aromatic carbocycles. The molecule has 1 heterocycles. The highest BCUT2D eigenvalue weighted by Gasteiger charge is 2.40. The molecule has 0 bridgehead atoms. The lowest BCUT2D eigenvalue weighted by Gasteiger charge is -2.30. The highest BCUT2D eigenvalue weighted by Crippen LogP contribution is 2.38. The largest absolute Gasteiger partial charge is 0.464 e. The van der Waals surface area contributed by atoms with E-state index in [4.69, 9.17) is 9.47 Å². The van der Waals surface area contributed by atoms with Crippen LogP contribution in [-0.2, 0) is 24.5 Å². The van der Waals surface area contributed by atoms with Crippen LogP contribution in [0.15, 0.2) is 0 Å². The van der Waals surface area contributed by atoms with E-state index in [1.54, 1.807) is 0 Å². The third-order valence-corrected chi connectivity index (χ3v) is 5.74. The van der Waals surface area contributed by atoms with Gasteiger partial charge in [0.05, 0.1) is 19.1 Å². The minimum atomic E-state index is -3.48. The summed E-state index contributed by atoms with van der Waals surface area (Å²) in [6.45, 7) is 3.84. The quantitative estimate of drug-likeness (QED) is 0.630. The van der Waals surface area contributed by atoms with Crippen LogP contribution in [0.3, 0.4) is 0 Å². The molecule has 1 saturated carbocycles. The van der Waals surface area contributed by atoms with E-state index in [0.29, 0.717) is 32.2 Å². The summed E-state index contributed by atoms with van der Waals surface area (Å²) in [5, 5.41) is 0. The summed E-state index contributed by atoms with van der Waals surface area (Å²) in [5.41, 5.74) is 0. The lowest BCUT2D eigenvalue weighted by Crippen LogP contribution is -2.48. The number of likely N-dealkylation sites (N-methyl/N-ethyl adjacent to an activating group) is 1. The van der Waals surface area contributed by atoms with Gasteiger partial charge in [0.1, 0.15) is 6.61 Å². The van der Waals surface area contributed by atoms with Crippen LogP contribution in [-0.4, -0.2) is 69.5 Å². The monoisotopic (exact) mass is 306 g/mol. The molecule has 0 amide bonds. The second kappa shape index (κ2) is 6.38. The second-order valence-corrected chi connectivity index (χ2v) is 7.36. The van der Waals surface area contributed by atoms with Crippen LogP contribution >= 0.6 is 0 Å². The fraction of sp³-hybridized carbons (Fsp3) is 0.917. The number of rotatable bonds is 6. The van der Waals surface area contributed by atoms with Crippen LogP contribution in [0.1, 0.15) is 13.3 Å². The molecule has 0 unspecified atom stereocenters. The van der Waals surface area contributed by atoms with Crippen LogP contribution in [0, 0.1) is 11.8 Å². The molecule has 7 nitrogen and oxygen atoms in total. The number of esters is 1. The smallest absolute Gasteiger partial charge is 0.309 e. The van der Waals surface area contributed by atoms with Crippen LogP contribution in [0.4, 0.5) is 0 Å². The van der Waals surface area contributed by atoms with Crippen molar-refractivity contribution in [1.29, 1.82) is 0 Å². The molecule has 20 heavy (non-hydrogen) atoms. The summed E-state index contributed by atoms with van der Waals surface area (Å²) in [7, 11) is -1.98. The standard InChI is InChI=1S/C12H22N2O5S/c1-10-9-11(10)12(15)19-8-3-13(2)20(16,17)14-4-6-18-7-5-14/h10-11H,3-9H2,1-2H3/t10-,11-/m0/s1. The summed E-state index contributed by atoms with van der Waals surface area (Å²) in [6.07, 6.45) is 0.876. The van der Waals surface area contributed by atoms with E-state index in [1.807, 2.05) is 6.92 Å². The predicted molar refractivity (Wildman–Crippen MR) is 72.2 cm³/mol. The molecular formula is C12H22N2O5S. The van der Waals surface area contributed by atoms with Gasteiger partial charge in [0.15, 0.2) is 0 Å². The molecular weight excluding hydrogens is 284 g/mol. The van der Waals surface area contributed by atoms with Crippen LogP contribution < -0.4 is 0 Å². The van der Waals surface area contributed by atoms with Gasteiger partial charge < -0.3 is 9.47 Å². The number of carbonyl (C=O) groups is 1. The van der Waals surface area contributed by atoms with E-state index in [0.717, 1.165) is 6.42 Å². The molecule has 1 saturated heterocycles. The van der Waals surface area contributed by atoms with Gasteiger partial charge in [0.2, 0.25) is 0 Å². The summed E-state index contributed by atoms with van der Waals surface area (Å²) in [4.78, 5) is 11.5. The van der Waals surface area contributed by atoms with Crippen LogP contribution in [0.5, 0.6) is 0 Å². The van der Waals surface area contributed by atoms with Gasteiger partial charge in [-0.05, 0) is 12.3 Å². The number of morpholine rings is 1. The van der Waals surface area contributed by atoms with E-state index in [2.05, 4.69) is 0 Å². The highest BCUT2D eigenvalue weighted by molar-refractivity contribution is 7.86. The number of hydrogen-bond donors (Lipinski definition) is 0. The number of carbonyl (C=O) groups excluding carboxylic acids is 1. The number of nitrogens with zero attached hydrogens (tertiary/aromatic N) is 2. The Morgan fingerprint density at radius 1 is 1.40 bits per heavy atom. The number of ether oxygens (including phenoxy) is 2. The molecule has 0 radical (unpaired) electrons. The molecule has 2 rings (SSSR count). The van der Waals surface area contributed by atoms with Crippen molar-refractivity contribution in [3.63, 3.8) is 0 Å². The Bertz CT molecular complexity index is 447. The van der Waals surface area contributed by atoms with Crippen molar-refractivity contribution in [2.75, 3.05) is 46.5 Å². The van der Waals surface area contributed by atoms with Crippen molar-refractivity contribution in [2.24, 2.45) is 11.8 Å². The fourth-order valence-corrected chi connectivity index (χ4v) is 3.43. The molecule has 0 aromatic rings. The van der Waals surface area contributed by atoms with Gasteiger partial charge >= 0.3 is 5.97 Å². The minimum Gasteiger partial charge on any atom is -0.464 e. The van der Waals surface area contributed by atoms with Gasteiger partial charge in [-0.1, -0.05) is 6.92 Å². The first-order chi connectivity index (χ1) is 9.43. The van der Waals surface area contributed by atoms with Crippen molar-refractivity contribution in [3.05, 3.63) is 0 Å². The molecule has 1 aliphatic heterocycles. The summed E-state index contributed by atoms with van der Waals surface area (Å²) < 4.78 is 37.3. The van der Waals surface area contributed by atoms with E-state index in [1.165, 1.54) is 15.7 Å². The van der Waals surface area contributed by atoms with E-state index < -0.39 is 10.2 Å². The Hall–Kier alpha value is -0.700. The molecule has 0 N–H and O–H groups in total. The Kier molecular flexibility index (Phi) is 5.00. The lowest BCUT2D eigenvalue weighted by atomic mass is 10.3. The predicted octanol–water partition coefficient (Wildman–Crippen LogP) is -0.306. The van der Waals surface area contributed by atoms with Gasteiger partial charge in [-0.3, -0.25) is 4.79 Å². The third kappa shape index (κ3) is 3.69. The molecule has 8 heteroatoms. The molecule has 0 spiro atoms. The van der Waals surface area contributed by atoms with Crippen LogP contribution in [0.2, 0.25) is 0 Å². The second-order valence-electron chi connectivity index (χ2n) is 5.33. The average Bonchev–Trinajstić information content (AvgIpc) is 3.16. The van der Waals surface area contributed by atoms with Crippen LogP contribution in [0.25, 0.3) is 0 Å². The average molecular weight is 306 g/mol. The zero-order valence-electron chi connectivity index (χ0n) is 11.9. The maximum Gasteiger partial charge on any atom is 0.309 e. The first-order valence-corrected chi connectivity index (χ1v) is 8.28. The fourth-order valence-electron chi connectivity index (χ4n) is 2.12. The van der Waals surface area contributed by atoms with E-state index in [-0.39, 0.29) is 25.0 Å². The molecule has 2 atom stereocenters. The number of hydrogen-bond acceptors (Lipinski definition) is 5. The molecule has 116 valence electrons.